The highest BCUT2D eigenvalue weighted by atomic mass is 16.5. The number of rotatable bonds is 5. The van der Waals surface area contributed by atoms with Gasteiger partial charge in [-0.15, -0.1) is 0 Å². The first-order chi connectivity index (χ1) is 8.11. The van der Waals surface area contributed by atoms with Crippen molar-refractivity contribution in [3.63, 3.8) is 0 Å². The first-order valence-corrected chi connectivity index (χ1v) is 7.02. The van der Waals surface area contributed by atoms with Gasteiger partial charge in [0.05, 0.1) is 6.10 Å². The van der Waals surface area contributed by atoms with Crippen LogP contribution in [0.5, 0.6) is 0 Å². The van der Waals surface area contributed by atoms with E-state index in [0.29, 0.717) is 25.0 Å². The predicted octanol–water partition coefficient (Wildman–Crippen LogP) is 2.98. The third-order valence-corrected chi connectivity index (χ3v) is 3.36. The minimum absolute atomic E-state index is 0.266. The summed E-state index contributed by atoms with van der Waals surface area (Å²) < 4.78 is 5.46. The third kappa shape index (κ3) is 5.53. The number of hydrogen-bond donors (Lipinski definition) is 0. The highest BCUT2D eigenvalue weighted by Crippen LogP contribution is 2.17. The van der Waals surface area contributed by atoms with Crippen molar-refractivity contribution in [1.29, 1.82) is 0 Å². The van der Waals surface area contributed by atoms with Gasteiger partial charge in [-0.3, -0.25) is 4.79 Å². The molecule has 1 aliphatic heterocycles. The van der Waals surface area contributed by atoms with Crippen LogP contribution in [-0.2, 0) is 9.53 Å². The Bertz CT molecular complexity index is 228. The van der Waals surface area contributed by atoms with E-state index in [1.54, 1.807) is 0 Å². The minimum atomic E-state index is 0.266. The molecule has 1 fully saturated rings. The summed E-state index contributed by atoms with van der Waals surface area (Å²) in [5.41, 5.74) is 0. The van der Waals surface area contributed by atoms with Gasteiger partial charge in [0.1, 0.15) is 0 Å². The van der Waals surface area contributed by atoms with Gasteiger partial charge in [-0.25, -0.2) is 0 Å². The molecule has 1 rings (SSSR count). The molecule has 1 heterocycles. The van der Waals surface area contributed by atoms with Gasteiger partial charge in [0.2, 0.25) is 5.91 Å². The quantitative estimate of drug-likeness (QED) is 0.693. The van der Waals surface area contributed by atoms with Crippen LogP contribution in [0.1, 0.15) is 59.3 Å². The first kappa shape index (κ1) is 14.5. The summed E-state index contributed by atoms with van der Waals surface area (Å²) in [6, 6.07) is 0.427. The molecule has 1 amide bonds. The molecular formula is C14H27NO2. The van der Waals surface area contributed by atoms with Gasteiger partial charge in [0, 0.05) is 25.6 Å². The number of carbonyl (C=O) groups excluding carboxylic acids is 1. The third-order valence-electron chi connectivity index (χ3n) is 3.36. The molecular weight excluding hydrogens is 214 g/mol. The van der Waals surface area contributed by atoms with Crippen LogP contribution in [-0.4, -0.2) is 36.1 Å². The predicted molar refractivity (Wildman–Crippen MR) is 70.0 cm³/mol. The Kier molecular flexibility index (Phi) is 6.56. The summed E-state index contributed by atoms with van der Waals surface area (Å²) in [4.78, 5) is 14.1. The summed E-state index contributed by atoms with van der Waals surface area (Å²) in [5, 5.41) is 0. The van der Waals surface area contributed by atoms with Gasteiger partial charge in [0.25, 0.3) is 0 Å². The van der Waals surface area contributed by atoms with Crippen molar-refractivity contribution >= 4 is 5.91 Å². The Morgan fingerprint density at radius 2 is 2.12 bits per heavy atom. The second-order valence-electron chi connectivity index (χ2n) is 5.31. The highest BCUT2D eigenvalue weighted by Gasteiger charge is 2.21. The maximum Gasteiger partial charge on any atom is 0.222 e. The summed E-state index contributed by atoms with van der Waals surface area (Å²) in [5.74, 6) is 0.312. The largest absolute Gasteiger partial charge is 0.379 e. The van der Waals surface area contributed by atoms with Gasteiger partial charge >= 0.3 is 0 Å². The van der Waals surface area contributed by atoms with Crippen LogP contribution in [0.4, 0.5) is 0 Å². The van der Waals surface area contributed by atoms with Crippen molar-refractivity contribution in [1.82, 2.24) is 4.90 Å². The Balaban J connectivity index is 2.25. The first-order valence-electron chi connectivity index (χ1n) is 7.02. The lowest BCUT2D eigenvalue weighted by molar-refractivity contribution is -0.133. The summed E-state index contributed by atoms with van der Waals surface area (Å²) in [6.07, 6.45) is 6.61. The minimum Gasteiger partial charge on any atom is -0.379 e. The molecule has 0 aromatic carbocycles. The lowest BCUT2D eigenvalue weighted by Crippen LogP contribution is -2.38. The molecule has 0 unspecified atom stereocenters. The number of hydrogen-bond acceptors (Lipinski definition) is 2. The Labute approximate surface area is 106 Å². The van der Waals surface area contributed by atoms with Crippen LogP contribution in [0.3, 0.4) is 0 Å². The zero-order valence-corrected chi connectivity index (χ0v) is 11.6. The molecule has 0 bridgehead atoms. The average Bonchev–Trinajstić information content (AvgIpc) is 2.48. The number of carbonyl (C=O) groups is 1. The highest BCUT2D eigenvalue weighted by molar-refractivity contribution is 5.76. The molecule has 0 aromatic heterocycles. The van der Waals surface area contributed by atoms with Crippen molar-refractivity contribution in [2.24, 2.45) is 0 Å². The standard InChI is InChI=1S/C14H27NO2/c1-12(2)17-11-7-9-14(16)15-10-6-4-5-8-13(15)3/h12-13H,4-11H2,1-3H3/t13-/m1/s1. The van der Waals surface area contributed by atoms with E-state index in [9.17, 15) is 4.79 Å². The zero-order valence-electron chi connectivity index (χ0n) is 11.6. The van der Waals surface area contributed by atoms with E-state index in [1.165, 1.54) is 19.3 Å². The van der Waals surface area contributed by atoms with Gasteiger partial charge in [-0.05, 0) is 40.0 Å². The van der Waals surface area contributed by atoms with E-state index < -0.39 is 0 Å². The Morgan fingerprint density at radius 3 is 2.82 bits per heavy atom. The van der Waals surface area contributed by atoms with Crippen LogP contribution < -0.4 is 0 Å². The number of likely N-dealkylation sites (tertiary alicyclic amines) is 1. The molecule has 0 radical (unpaired) electrons. The SMILES string of the molecule is CC(C)OCCCC(=O)N1CCCCC[C@H]1C. The molecule has 1 aliphatic rings. The Hall–Kier alpha value is -0.570. The topological polar surface area (TPSA) is 29.5 Å². The van der Waals surface area contributed by atoms with E-state index in [-0.39, 0.29) is 6.10 Å². The smallest absolute Gasteiger partial charge is 0.222 e. The number of amides is 1. The van der Waals surface area contributed by atoms with Crippen molar-refractivity contribution in [2.75, 3.05) is 13.2 Å². The molecule has 0 saturated carbocycles. The van der Waals surface area contributed by atoms with Crippen molar-refractivity contribution in [3.8, 4) is 0 Å². The summed E-state index contributed by atoms with van der Waals surface area (Å²) >= 11 is 0. The number of nitrogens with zero attached hydrogens (tertiary/aromatic N) is 1. The van der Waals surface area contributed by atoms with E-state index in [0.717, 1.165) is 19.4 Å². The molecule has 0 spiro atoms. The normalized spacial score (nSPS) is 21.6. The monoisotopic (exact) mass is 241 g/mol. The molecule has 0 aromatic rings. The van der Waals surface area contributed by atoms with Crippen LogP contribution in [0, 0.1) is 0 Å². The lowest BCUT2D eigenvalue weighted by atomic mass is 10.1. The molecule has 17 heavy (non-hydrogen) atoms. The molecule has 0 aliphatic carbocycles. The van der Waals surface area contributed by atoms with Crippen molar-refractivity contribution < 1.29 is 9.53 Å². The molecule has 100 valence electrons. The maximum absolute atomic E-state index is 12.1. The fourth-order valence-corrected chi connectivity index (χ4v) is 2.33. The van der Waals surface area contributed by atoms with Crippen LogP contribution in [0.2, 0.25) is 0 Å². The zero-order chi connectivity index (χ0) is 12.7. The molecule has 1 saturated heterocycles. The number of ether oxygens (including phenoxy) is 1. The van der Waals surface area contributed by atoms with E-state index in [2.05, 4.69) is 11.8 Å². The van der Waals surface area contributed by atoms with Gasteiger partial charge in [-0.1, -0.05) is 12.8 Å². The van der Waals surface area contributed by atoms with Crippen LogP contribution in [0.15, 0.2) is 0 Å². The summed E-state index contributed by atoms with van der Waals surface area (Å²) in [7, 11) is 0. The maximum atomic E-state index is 12.1. The second kappa shape index (κ2) is 7.70. The Morgan fingerprint density at radius 1 is 1.35 bits per heavy atom. The van der Waals surface area contributed by atoms with E-state index in [1.807, 2.05) is 13.8 Å². The lowest BCUT2D eigenvalue weighted by Gasteiger charge is -2.27. The van der Waals surface area contributed by atoms with Crippen molar-refractivity contribution in [2.45, 2.75) is 71.4 Å². The fraction of sp³-hybridized carbons (Fsp3) is 0.929. The van der Waals surface area contributed by atoms with E-state index >= 15 is 0 Å². The second-order valence-corrected chi connectivity index (χ2v) is 5.31. The molecule has 1 atom stereocenters. The van der Waals surface area contributed by atoms with E-state index in [4.69, 9.17) is 4.74 Å². The van der Waals surface area contributed by atoms with Gasteiger partial charge < -0.3 is 9.64 Å². The molecule has 3 nitrogen and oxygen atoms in total. The van der Waals surface area contributed by atoms with Crippen LogP contribution >= 0.6 is 0 Å². The molecule has 3 heteroatoms. The average molecular weight is 241 g/mol. The van der Waals surface area contributed by atoms with Crippen molar-refractivity contribution in [3.05, 3.63) is 0 Å². The fourth-order valence-electron chi connectivity index (χ4n) is 2.33. The molecule has 0 N–H and O–H groups in total. The summed E-state index contributed by atoms with van der Waals surface area (Å²) in [6.45, 7) is 7.88. The van der Waals surface area contributed by atoms with Crippen LogP contribution in [0.25, 0.3) is 0 Å². The van der Waals surface area contributed by atoms with Gasteiger partial charge in [-0.2, -0.15) is 0 Å². The van der Waals surface area contributed by atoms with Gasteiger partial charge in [0.15, 0.2) is 0 Å².